The van der Waals surface area contributed by atoms with Gasteiger partial charge in [-0.05, 0) is 68.8 Å². The number of nitrogens with one attached hydrogen (secondary N) is 2. The van der Waals surface area contributed by atoms with Crippen LogP contribution in [0.3, 0.4) is 0 Å². The highest BCUT2D eigenvalue weighted by atomic mass is 32.1. The number of piperidine rings is 1. The van der Waals surface area contributed by atoms with E-state index in [1.165, 1.54) is 32.4 Å². The number of benzene rings is 1. The van der Waals surface area contributed by atoms with Gasteiger partial charge in [0.2, 0.25) is 6.79 Å². The third kappa shape index (κ3) is 4.97. The summed E-state index contributed by atoms with van der Waals surface area (Å²) in [6.45, 7) is 5.60. The summed E-state index contributed by atoms with van der Waals surface area (Å²) in [5.74, 6) is 1.62. The third-order valence-corrected chi connectivity index (χ3v) is 4.56. The number of thiocarbonyl (C=S) groups is 1. The van der Waals surface area contributed by atoms with Crippen LogP contribution in [0.1, 0.15) is 31.2 Å². The van der Waals surface area contributed by atoms with Gasteiger partial charge in [-0.3, -0.25) is 0 Å². The van der Waals surface area contributed by atoms with Crippen molar-refractivity contribution >= 4 is 17.3 Å². The molecule has 5 nitrogen and oxygen atoms in total. The Kier molecular flexibility index (Phi) is 5.93. The van der Waals surface area contributed by atoms with E-state index in [9.17, 15) is 0 Å². The Labute approximate surface area is 143 Å². The minimum absolute atomic E-state index is 0.309. The zero-order valence-electron chi connectivity index (χ0n) is 13.5. The fourth-order valence-corrected chi connectivity index (χ4v) is 3.16. The van der Waals surface area contributed by atoms with Crippen LogP contribution in [0, 0.1) is 0 Å². The van der Waals surface area contributed by atoms with Gasteiger partial charge >= 0.3 is 0 Å². The molecule has 6 heteroatoms. The van der Waals surface area contributed by atoms with E-state index >= 15 is 0 Å². The molecule has 0 spiro atoms. The second kappa shape index (κ2) is 8.36. The number of ether oxygens (including phenoxy) is 2. The molecule has 2 heterocycles. The number of likely N-dealkylation sites (tertiary alicyclic amines) is 1. The molecular formula is C17H25N3O2S. The lowest BCUT2D eigenvalue weighted by atomic mass is 10.1. The van der Waals surface area contributed by atoms with Crippen molar-refractivity contribution < 1.29 is 9.47 Å². The summed E-state index contributed by atoms with van der Waals surface area (Å²) in [4.78, 5) is 2.55. The minimum Gasteiger partial charge on any atom is -0.454 e. The van der Waals surface area contributed by atoms with Gasteiger partial charge in [-0.15, -0.1) is 0 Å². The van der Waals surface area contributed by atoms with Gasteiger partial charge in [0.25, 0.3) is 0 Å². The van der Waals surface area contributed by atoms with Crippen LogP contribution in [-0.4, -0.2) is 43.0 Å². The molecule has 0 amide bonds. The molecule has 0 atom stereocenters. The highest BCUT2D eigenvalue weighted by molar-refractivity contribution is 7.80. The van der Waals surface area contributed by atoms with E-state index < -0.39 is 0 Å². The maximum absolute atomic E-state index is 5.38. The monoisotopic (exact) mass is 335 g/mol. The van der Waals surface area contributed by atoms with E-state index in [1.54, 1.807) is 0 Å². The molecule has 0 aliphatic carbocycles. The van der Waals surface area contributed by atoms with Gasteiger partial charge in [0.1, 0.15) is 0 Å². The van der Waals surface area contributed by atoms with E-state index in [4.69, 9.17) is 21.7 Å². The topological polar surface area (TPSA) is 45.8 Å². The zero-order chi connectivity index (χ0) is 15.9. The van der Waals surface area contributed by atoms with E-state index in [1.807, 2.05) is 18.2 Å². The molecular weight excluding hydrogens is 310 g/mol. The van der Waals surface area contributed by atoms with Gasteiger partial charge in [0.15, 0.2) is 16.6 Å². The molecule has 0 aromatic heterocycles. The number of rotatable bonds is 6. The first-order chi connectivity index (χ1) is 11.3. The molecule has 2 aliphatic rings. The van der Waals surface area contributed by atoms with Gasteiger partial charge < -0.3 is 25.0 Å². The van der Waals surface area contributed by atoms with Crippen LogP contribution in [0.15, 0.2) is 18.2 Å². The van der Waals surface area contributed by atoms with Gasteiger partial charge in [0.05, 0.1) is 0 Å². The molecule has 3 rings (SSSR count). The molecule has 0 radical (unpaired) electrons. The Morgan fingerprint density at radius 3 is 2.78 bits per heavy atom. The van der Waals surface area contributed by atoms with E-state index in [0.29, 0.717) is 18.5 Å². The highest BCUT2D eigenvalue weighted by Gasteiger charge is 2.13. The second-order valence-electron chi connectivity index (χ2n) is 6.05. The van der Waals surface area contributed by atoms with Crippen LogP contribution in [0.25, 0.3) is 0 Å². The summed E-state index contributed by atoms with van der Waals surface area (Å²) in [6, 6.07) is 5.96. The number of fused-ring (bicyclic) bond motifs is 1. The van der Waals surface area contributed by atoms with Gasteiger partial charge in [0, 0.05) is 13.1 Å². The van der Waals surface area contributed by atoms with Crippen molar-refractivity contribution in [3.63, 3.8) is 0 Å². The molecule has 1 aromatic rings. The fourth-order valence-electron chi connectivity index (χ4n) is 2.98. The van der Waals surface area contributed by atoms with Crippen molar-refractivity contribution in [1.82, 2.24) is 15.5 Å². The lowest BCUT2D eigenvalue weighted by Gasteiger charge is -2.26. The fraction of sp³-hybridized carbons (Fsp3) is 0.588. The predicted octanol–water partition coefficient (Wildman–Crippen LogP) is 2.26. The van der Waals surface area contributed by atoms with E-state index in [0.717, 1.165) is 36.6 Å². The van der Waals surface area contributed by atoms with Gasteiger partial charge in [-0.1, -0.05) is 12.5 Å². The SMILES string of the molecule is S=C(NCCCN1CCCCC1)NCc1ccc2c(c1)OCO2. The number of hydrogen-bond donors (Lipinski definition) is 2. The van der Waals surface area contributed by atoms with Gasteiger partial charge in [-0.25, -0.2) is 0 Å². The second-order valence-corrected chi connectivity index (χ2v) is 6.46. The molecule has 126 valence electrons. The first kappa shape index (κ1) is 16.3. The Bertz CT molecular complexity index is 533. The van der Waals surface area contributed by atoms with Crippen molar-refractivity contribution in [1.29, 1.82) is 0 Å². The van der Waals surface area contributed by atoms with Gasteiger partial charge in [-0.2, -0.15) is 0 Å². The largest absolute Gasteiger partial charge is 0.454 e. The van der Waals surface area contributed by atoms with Crippen LogP contribution >= 0.6 is 12.2 Å². The van der Waals surface area contributed by atoms with Crippen molar-refractivity contribution in [3.05, 3.63) is 23.8 Å². The van der Waals surface area contributed by atoms with Crippen LogP contribution < -0.4 is 20.1 Å². The normalized spacial score (nSPS) is 17.0. The Hall–Kier alpha value is -1.53. The number of nitrogens with zero attached hydrogens (tertiary/aromatic N) is 1. The minimum atomic E-state index is 0.309. The standard InChI is InChI=1S/C17H25N3O2S/c23-17(18-7-4-10-20-8-2-1-3-9-20)19-12-14-5-6-15-16(11-14)22-13-21-15/h5-6,11H,1-4,7-10,12-13H2,(H2,18,19,23). The summed E-state index contributed by atoms with van der Waals surface area (Å²) in [5, 5.41) is 7.23. The quantitative estimate of drug-likeness (QED) is 0.614. The van der Waals surface area contributed by atoms with Crippen LogP contribution in [0.5, 0.6) is 11.5 Å². The first-order valence-corrected chi connectivity index (χ1v) is 8.85. The summed E-state index contributed by atoms with van der Waals surface area (Å²) in [5.41, 5.74) is 1.13. The first-order valence-electron chi connectivity index (χ1n) is 8.44. The zero-order valence-corrected chi connectivity index (χ0v) is 14.3. The molecule has 23 heavy (non-hydrogen) atoms. The summed E-state index contributed by atoms with van der Waals surface area (Å²) in [7, 11) is 0. The van der Waals surface area contributed by atoms with Crippen LogP contribution in [0.4, 0.5) is 0 Å². The highest BCUT2D eigenvalue weighted by Crippen LogP contribution is 2.32. The Morgan fingerprint density at radius 1 is 1.09 bits per heavy atom. The molecule has 0 unspecified atom stereocenters. The molecule has 2 aliphatic heterocycles. The summed E-state index contributed by atoms with van der Waals surface area (Å²) >= 11 is 5.33. The van der Waals surface area contributed by atoms with E-state index in [2.05, 4.69) is 15.5 Å². The van der Waals surface area contributed by atoms with Crippen molar-refractivity contribution in [2.45, 2.75) is 32.2 Å². The van der Waals surface area contributed by atoms with Crippen LogP contribution in [-0.2, 0) is 6.54 Å². The predicted molar refractivity (Wildman–Crippen MR) is 94.9 cm³/mol. The van der Waals surface area contributed by atoms with Crippen molar-refractivity contribution in [2.24, 2.45) is 0 Å². The Morgan fingerprint density at radius 2 is 1.91 bits per heavy atom. The molecule has 2 N–H and O–H groups in total. The van der Waals surface area contributed by atoms with E-state index in [-0.39, 0.29) is 0 Å². The maximum atomic E-state index is 5.38. The Balaban J connectivity index is 1.30. The molecule has 1 fully saturated rings. The average molecular weight is 335 g/mol. The summed E-state index contributed by atoms with van der Waals surface area (Å²) < 4.78 is 10.7. The lowest BCUT2D eigenvalue weighted by molar-refractivity contribution is 0.174. The van der Waals surface area contributed by atoms with Crippen molar-refractivity contribution in [3.8, 4) is 11.5 Å². The molecule has 0 saturated carbocycles. The summed E-state index contributed by atoms with van der Waals surface area (Å²) in [6.07, 6.45) is 5.22. The lowest BCUT2D eigenvalue weighted by Crippen LogP contribution is -2.37. The number of hydrogen-bond acceptors (Lipinski definition) is 4. The molecule has 1 saturated heterocycles. The third-order valence-electron chi connectivity index (χ3n) is 4.28. The maximum Gasteiger partial charge on any atom is 0.231 e. The van der Waals surface area contributed by atoms with Crippen LogP contribution in [0.2, 0.25) is 0 Å². The van der Waals surface area contributed by atoms with Crippen molar-refractivity contribution in [2.75, 3.05) is 33.0 Å². The molecule has 0 bridgehead atoms. The smallest absolute Gasteiger partial charge is 0.231 e. The molecule has 1 aromatic carbocycles. The average Bonchev–Trinajstić information content (AvgIpc) is 3.05.